The fourth-order valence-electron chi connectivity index (χ4n) is 2.79. The fraction of sp³-hybridized carbons (Fsp3) is 0.474. The molecule has 1 heterocycles. The summed E-state index contributed by atoms with van der Waals surface area (Å²) in [5.74, 6) is 4.60. The summed E-state index contributed by atoms with van der Waals surface area (Å²) < 4.78 is 5.01. The molecule has 0 aromatic heterocycles. The number of nitrogens with zero attached hydrogens (tertiary/aromatic N) is 2. The molecule has 1 saturated heterocycles. The number of nitrogens with one attached hydrogen (secondary N) is 2. The van der Waals surface area contributed by atoms with Crippen LogP contribution in [-0.2, 0) is 14.3 Å². The Morgan fingerprint density at radius 3 is 2.79 bits per heavy atom. The molecule has 1 aliphatic rings. The van der Waals surface area contributed by atoms with Crippen LogP contribution in [0.4, 0.5) is 10.5 Å². The molecule has 1 aromatic rings. The smallest absolute Gasteiger partial charge is 0.315 e. The number of hydrogen-bond acceptors (Lipinski definition) is 6. The first-order valence-corrected chi connectivity index (χ1v) is 9.39. The van der Waals surface area contributed by atoms with Crippen LogP contribution in [0.15, 0.2) is 29.4 Å². The van der Waals surface area contributed by atoms with Crippen molar-refractivity contribution in [1.29, 1.82) is 0 Å². The van der Waals surface area contributed by atoms with E-state index < -0.39 is 12.1 Å². The Morgan fingerprint density at radius 2 is 2.11 bits per heavy atom. The van der Waals surface area contributed by atoms with E-state index in [-0.39, 0.29) is 24.8 Å². The molecule has 0 spiro atoms. The lowest BCUT2D eigenvalue weighted by molar-refractivity contribution is -0.143. The molecule has 9 nitrogen and oxygen atoms in total. The maximum absolute atomic E-state index is 12.5. The van der Waals surface area contributed by atoms with E-state index in [1.54, 1.807) is 4.90 Å². The molecule has 1 fully saturated rings. The Balaban J connectivity index is 1.75. The maximum Gasteiger partial charge on any atom is 0.315 e. The van der Waals surface area contributed by atoms with Crippen LogP contribution in [0.25, 0.3) is 0 Å². The van der Waals surface area contributed by atoms with Crippen LogP contribution in [0.2, 0.25) is 0 Å². The number of benzene rings is 1. The molecule has 1 aromatic carbocycles. The molecule has 0 saturated carbocycles. The Kier molecular flexibility index (Phi) is 8.26. The van der Waals surface area contributed by atoms with Crippen LogP contribution in [0.1, 0.15) is 38.2 Å². The summed E-state index contributed by atoms with van der Waals surface area (Å²) in [5, 5.41) is 8.69. The lowest BCUT2D eigenvalue weighted by atomic mass is 10.2. The van der Waals surface area contributed by atoms with Gasteiger partial charge in [0.05, 0.1) is 19.2 Å². The summed E-state index contributed by atoms with van der Waals surface area (Å²) in [5.41, 5.74) is 1.58. The highest BCUT2D eigenvalue weighted by molar-refractivity contribution is 6.01. The third-order valence-electron chi connectivity index (χ3n) is 4.31. The van der Waals surface area contributed by atoms with Crippen molar-refractivity contribution >= 4 is 29.8 Å². The van der Waals surface area contributed by atoms with Gasteiger partial charge in [-0.15, -0.1) is 0 Å². The zero-order valence-electron chi connectivity index (χ0n) is 16.0. The first-order chi connectivity index (χ1) is 13.5. The average molecular weight is 389 g/mol. The van der Waals surface area contributed by atoms with Gasteiger partial charge in [0, 0.05) is 18.8 Å². The molecule has 2 rings (SSSR count). The number of carbonyl (C=O) groups is 3. The third-order valence-corrected chi connectivity index (χ3v) is 4.31. The minimum absolute atomic E-state index is 0.0975. The van der Waals surface area contributed by atoms with Crippen LogP contribution < -0.4 is 21.4 Å². The van der Waals surface area contributed by atoms with Crippen molar-refractivity contribution in [3.05, 3.63) is 29.8 Å². The van der Waals surface area contributed by atoms with Crippen LogP contribution in [0.3, 0.4) is 0 Å². The minimum atomic E-state index is -0.596. The molecule has 4 N–H and O–H groups in total. The number of carbonyl (C=O) groups excluding carboxylic acids is 3. The van der Waals surface area contributed by atoms with E-state index in [1.807, 2.05) is 31.2 Å². The highest BCUT2D eigenvalue weighted by atomic mass is 16.5. The molecule has 28 heavy (non-hydrogen) atoms. The van der Waals surface area contributed by atoms with Gasteiger partial charge < -0.3 is 26.1 Å². The van der Waals surface area contributed by atoms with Crippen molar-refractivity contribution in [1.82, 2.24) is 10.6 Å². The largest absolute Gasteiger partial charge is 0.466 e. The maximum atomic E-state index is 12.5. The molecule has 152 valence electrons. The quantitative estimate of drug-likeness (QED) is 0.192. The van der Waals surface area contributed by atoms with Crippen molar-refractivity contribution < 1.29 is 19.1 Å². The SMILES string of the molecule is CCCCOC(=O)CCNC(=O)N[C@H]1CCN(c2ccc(C=NN)cc2)C1=O. The summed E-state index contributed by atoms with van der Waals surface area (Å²) in [6.07, 6.45) is 3.90. The fourth-order valence-corrected chi connectivity index (χ4v) is 2.79. The van der Waals surface area contributed by atoms with Gasteiger partial charge in [0.2, 0.25) is 5.91 Å². The number of amides is 3. The van der Waals surface area contributed by atoms with Crippen LogP contribution in [-0.4, -0.2) is 49.9 Å². The van der Waals surface area contributed by atoms with Crippen LogP contribution in [0, 0.1) is 0 Å². The number of unbranched alkanes of at least 4 members (excludes halogenated alkanes) is 1. The predicted octanol–water partition coefficient (Wildman–Crippen LogP) is 1.12. The number of hydrogen-bond donors (Lipinski definition) is 3. The van der Waals surface area contributed by atoms with Gasteiger partial charge in [0.15, 0.2) is 0 Å². The third kappa shape index (κ3) is 6.26. The number of esters is 1. The lowest BCUT2D eigenvalue weighted by Gasteiger charge is -2.17. The molecule has 1 aliphatic heterocycles. The monoisotopic (exact) mass is 389 g/mol. The number of ether oxygens (including phenoxy) is 1. The molecule has 1 atom stereocenters. The lowest BCUT2D eigenvalue weighted by Crippen LogP contribution is -2.46. The number of hydrazone groups is 1. The summed E-state index contributed by atoms with van der Waals surface area (Å²) in [7, 11) is 0. The summed E-state index contributed by atoms with van der Waals surface area (Å²) in [6, 6.07) is 6.17. The Labute approximate surface area is 164 Å². The average Bonchev–Trinajstić information content (AvgIpc) is 3.03. The second-order valence-electron chi connectivity index (χ2n) is 6.43. The van der Waals surface area contributed by atoms with E-state index in [4.69, 9.17) is 10.6 Å². The van der Waals surface area contributed by atoms with Gasteiger partial charge in [-0.2, -0.15) is 5.10 Å². The second-order valence-corrected chi connectivity index (χ2v) is 6.43. The molecule has 0 bridgehead atoms. The van der Waals surface area contributed by atoms with E-state index in [0.717, 1.165) is 24.1 Å². The molecule has 0 radical (unpaired) electrons. The number of urea groups is 1. The van der Waals surface area contributed by atoms with Gasteiger partial charge in [-0.1, -0.05) is 25.5 Å². The number of anilines is 1. The zero-order chi connectivity index (χ0) is 20.4. The first kappa shape index (κ1) is 21.2. The van der Waals surface area contributed by atoms with E-state index in [0.29, 0.717) is 19.6 Å². The molecular weight excluding hydrogens is 362 g/mol. The predicted molar refractivity (Wildman–Crippen MR) is 106 cm³/mol. The Morgan fingerprint density at radius 1 is 1.36 bits per heavy atom. The van der Waals surface area contributed by atoms with Crippen molar-refractivity contribution in [2.75, 3.05) is 24.6 Å². The Bertz CT molecular complexity index is 705. The summed E-state index contributed by atoms with van der Waals surface area (Å²) in [6.45, 7) is 3.08. The highest BCUT2D eigenvalue weighted by Gasteiger charge is 2.33. The van der Waals surface area contributed by atoms with Crippen molar-refractivity contribution in [3.63, 3.8) is 0 Å². The molecule has 3 amide bonds. The summed E-state index contributed by atoms with van der Waals surface area (Å²) in [4.78, 5) is 37.6. The van der Waals surface area contributed by atoms with E-state index in [1.165, 1.54) is 6.21 Å². The van der Waals surface area contributed by atoms with E-state index >= 15 is 0 Å². The minimum Gasteiger partial charge on any atom is -0.466 e. The summed E-state index contributed by atoms with van der Waals surface area (Å²) >= 11 is 0. The molecule has 0 aliphatic carbocycles. The normalized spacial score (nSPS) is 16.4. The Hall–Kier alpha value is -3.10. The van der Waals surface area contributed by atoms with Crippen LogP contribution >= 0.6 is 0 Å². The standard InChI is InChI=1S/C19H27N5O4/c1-2-3-12-28-17(25)8-10-21-19(27)23-16-9-11-24(18(16)26)15-6-4-14(5-7-15)13-22-20/h4-7,13,16H,2-3,8-12,20H2,1H3,(H2,21,23,27)/t16-/m0/s1. The van der Waals surface area contributed by atoms with Crippen LogP contribution in [0.5, 0.6) is 0 Å². The van der Waals surface area contributed by atoms with E-state index in [2.05, 4.69) is 15.7 Å². The number of rotatable bonds is 9. The first-order valence-electron chi connectivity index (χ1n) is 9.39. The van der Waals surface area contributed by atoms with Gasteiger partial charge in [-0.3, -0.25) is 9.59 Å². The van der Waals surface area contributed by atoms with Gasteiger partial charge >= 0.3 is 12.0 Å². The molecule has 0 unspecified atom stereocenters. The number of nitrogens with two attached hydrogens (primary N) is 1. The topological polar surface area (TPSA) is 126 Å². The van der Waals surface area contributed by atoms with E-state index in [9.17, 15) is 14.4 Å². The van der Waals surface area contributed by atoms with Gasteiger partial charge in [0.25, 0.3) is 0 Å². The van der Waals surface area contributed by atoms with Crippen molar-refractivity contribution in [3.8, 4) is 0 Å². The van der Waals surface area contributed by atoms with Crippen molar-refractivity contribution in [2.45, 2.75) is 38.6 Å². The second kappa shape index (κ2) is 10.9. The van der Waals surface area contributed by atoms with Crippen molar-refractivity contribution in [2.24, 2.45) is 10.9 Å². The van der Waals surface area contributed by atoms with Gasteiger partial charge in [-0.05, 0) is 30.5 Å². The molecule has 9 heteroatoms. The highest BCUT2D eigenvalue weighted by Crippen LogP contribution is 2.21. The molecular formula is C19H27N5O4. The zero-order valence-corrected chi connectivity index (χ0v) is 16.0. The van der Waals surface area contributed by atoms with Gasteiger partial charge in [0.1, 0.15) is 6.04 Å². The van der Waals surface area contributed by atoms with Gasteiger partial charge in [-0.25, -0.2) is 4.79 Å².